The van der Waals surface area contributed by atoms with E-state index in [-0.39, 0.29) is 16.9 Å². The highest BCUT2D eigenvalue weighted by Crippen LogP contribution is 2.22. The second-order valence-corrected chi connectivity index (χ2v) is 5.02. The normalized spacial score (nSPS) is 11.4. The molecule has 0 saturated carbocycles. The molecule has 0 radical (unpaired) electrons. The summed E-state index contributed by atoms with van der Waals surface area (Å²) in [5.74, 6) is -0.250. The summed E-state index contributed by atoms with van der Waals surface area (Å²) in [6.45, 7) is 3.32. The molecule has 0 aliphatic rings. The van der Waals surface area contributed by atoms with Crippen LogP contribution >= 0.6 is 0 Å². The van der Waals surface area contributed by atoms with Gasteiger partial charge in [-0.05, 0) is 19.9 Å². The SMILES string of the molecule is Cc1cc(C(F)F)n2ncc(C(=O)Nc3nnn(C)c3C)c2n1. The molecule has 3 aromatic rings. The van der Waals surface area contributed by atoms with Crippen molar-refractivity contribution < 1.29 is 13.6 Å². The van der Waals surface area contributed by atoms with E-state index in [1.54, 1.807) is 20.9 Å². The van der Waals surface area contributed by atoms with Crippen LogP contribution in [0, 0.1) is 13.8 Å². The lowest BCUT2D eigenvalue weighted by molar-refractivity contribution is 0.102. The zero-order valence-corrected chi connectivity index (χ0v) is 12.6. The van der Waals surface area contributed by atoms with Crippen molar-refractivity contribution in [3.63, 3.8) is 0 Å². The lowest BCUT2D eigenvalue weighted by Gasteiger charge is -2.06. The van der Waals surface area contributed by atoms with Gasteiger partial charge in [0.1, 0.15) is 11.3 Å². The second-order valence-electron chi connectivity index (χ2n) is 5.02. The van der Waals surface area contributed by atoms with Gasteiger partial charge >= 0.3 is 0 Å². The molecule has 8 nitrogen and oxygen atoms in total. The van der Waals surface area contributed by atoms with Crippen LogP contribution in [0.4, 0.5) is 14.6 Å². The van der Waals surface area contributed by atoms with Gasteiger partial charge in [-0.25, -0.2) is 18.3 Å². The van der Waals surface area contributed by atoms with Crippen LogP contribution in [-0.2, 0) is 7.05 Å². The number of hydrogen-bond acceptors (Lipinski definition) is 5. The van der Waals surface area contributed by atoms with Crippen molar-refractivity contribution in [2.75, 3.05) is 5.32 Å². The van der Waals surface area contributed by atoms with E-state index in [4.69, 9.17) is 0 Å². The molecule has 0 unspecified atom stereocenters. The molecule has 3 aromatic heterocycles. The summed E-state index contributed by atoms with van der Waals surface area (Å²) in [5, 5.41) is 14.0. The fourth-order valence-corrected chi connectivity index (χ4v) is 2.12. The highest BCUT2D eigenvalue weighted by molar-refractivity contribution is 6.07. The second kappa shape index (κ2) is 5.38. The van der Waals surface area contributed by atoms with Gasteiger partial charge in [0.15, 0.2) is 11.5 Å². The Labute approximate surface area is 129 Å². The van der Waals surface area contributed by atoms with Gasteiger partial charge < -0.3 is 5.32 Å². The number of amides is 1. The molecule has 3 rings (SSSR count). The van der Waals surface area contributed by atoms with Gasteiger partial charge in [0.25, 0.3) is 12.3 Å². The van der Waals surface area contributed by atoms with Gasteiger partial charge in [-0.3, -0.25) is 9.48 Å². The van der Waals surface area contributed by atoms with Crippen molar-refractivity contribution >= 4 is 17.4 Å². The third-order valence-electron chi connectivity index (χ3n) is 3.43. The van der Waals surface area contributed by atoms with Crippen LogP contribution in [0.15, 0.2) is 12.3 Å². The number of carbonyl (C=O) groups excluding carboxylic acids is 1. The minimum absolute atomic E-state index is 0.0688. The highest BCUT2D eigenvalue weighted by Gasteiger charge is 2.21. The summed E-state index contributed by atoms with van der Waals surface area (Å²) in [7, 11) is 1.69. The van der Waals surface area contributed by atoms with Crippen molar-refractivity contribution in [3.8, 4) is 0 Å². The van der Waals surface area contributed by atoms with Crippen LogP contribution in [0.3, 0.4) is 0 Å². The number of carbonyl (C=O) groups is 1. The maximum atomic E-state index is 13.1. The standard InChI is InChI=1S/C13H13F2N7O/c1-6-4-9(10(14)15)22-12(17-6)8(5-16-22)13(23)18-11-7(2)21(3)20-19-11/h4-5,10H,1-3H3,(H,18,23). The van der Waals surface area contributed by atoms with Crippen molar-refractivity contribution in [1.82, 2.24) is 29.6 Å². The lowest BCUT2D eigenvalue weighted by atomic mass is 10.3. The average Bonchev–Trinajstić information content (AvgIpc) is 3.04. The minimum atomic E-state index is -2.72. The van der Waals surface area contributed by atoms with E-state index in [9.17, 15) is 13.6 Å². The number of aryl methyl sites for hydroxylation is 2. The first-order chi connectivity index (χ1) is 10.9. The van der Waals surface area contributed by atoms with Gasteiger partial charge in [0.2, 0.25) is 0 Å². The molecule has 0 aliphatic carbocycles. The maximum absolute atomic E-state index is 13.1. The molecule has 3 heterocycles. The molecule has 0 spiro atoms. The fourth-order valence-electron chi connectivity index (χ4n) is 2.12. The fraction of sp³-hybridized carbons (Fsp3) is 0.308. The molecule has 120 valence electrons. The summed E-state index contributed by atoms with van der Waals surface area (Å²) in [6, 6.07) is 1.24. The molecule has 1 N–H and O–H groups in total. The predicted octanol–water partition coefficient (Wildman–Crippen LogP) is 1.66. The van der Waals surface area contributed by atoms with E-state index in [0.717, 1.165) is 4.52 Å². The molecule has 0 saturated heterocycles. The summed E-state index contributed by atoms with van der Waals surface area (Å²) >= 11 is 0. The number of fused-ring (bicyclic) bond motifs is 1. The Morgan fingerprint density at radius 1 is 1.35 bits per heavy atom. The van der Waals surface area contributed by atoms with Crippen LogP contribution in [0.1, 0.15) is 33.9 Å². The zero-order valence-electron chi connectivity index (χ0n) is 12.6. The molecule has 0 atom stereocenters. The Kier molecular flexibility index (Phi) is 3.51. The molecular formula is C13H13F2N7O. The van der Waals surface area contributed by atoms with Crippen molar-refractivity contribution in [1.29, 1.82) is 0 Å². The van der Waals surface area contributed by atoms with E-state index in [0.29, 0.717) is 17.2 Å². The Hall–Kier alpha value is -2.91. The predicted molar refractivity (Wildman–Crippen MR) is 76.4 cm³/mol. The average molecular weight is 321 g/mol. The number of halogens is 2. The first-order valence-corrected chi connectivity index (χ1v) is 6.69. The molecule has 0 bridgehead atoms. The van der Waals surface area contributed by atoms with E-state index >= 15 is 0 Å². The van der Waals surface area contributed by atoms with Crippen LogP contribution in [0.2, 0.25) is 0 Å². The largest absolute Gasteiger partial charge is 0.303 e. The van der Waals surface area contributed by atoms with Crippen LogP contribution in [0.5, 0.6) is 0 Å². The summed E-state index contributed by atoms with van der Waals surface area (Å²) in [4.78, 5) is 16.5. The third kappa shape index (κ3) is 2.51. The third-order valence-corrected chi connectivity index (χ3v) is 3.43. The number of hydrogen-bond donors (Lipinski definition) is 1. The number of nitrogens with one attached hydrogen (secondary N) is 1. The smallest absolute Gasteiger partial charge is 0.280 e. The van der Waals surface area contributed by atoms with Gasteiger partial charge in [0, 0.05) is 12.7 Å². The Balaban J connectivity index is 2.03. The summed E-state index contributed by atoms with van der Waals surface area (Å²) in [5.41, 5.74) is 0.868. The van der Waals surface area contributed by atoms with E-state index < -0.39 is 12.3 Å². The molecular weight excluding hydrogens is 308 g/mol. The van der Waals surface area contributed by atoms with Gasteiger partial charge in [-0.15, -0.1) is 5.10 Å². The Morgan fingerprint density at radius 2 is 2.09 bits per heavy atom. The number of anilines is 1. The monoisotopic (exact) mass is 321 g/mol. The molecule has 23 heavy (non-hydrogen) atoms. The quantitative estimate of drug-likeness (QED) is 0.792. The number of aromatic nitrogens is 6. The maximum Gasteiger partial charge on any atom is 0.280 e. The van der Waals surface area contributed by atoms with Crippen molar-refractivity contribution in [2.24, 2.45) is 7.05 Å². The molecule has 1 amide bonds. The van der Waals surface area contributed by atoms with Crippen molar-refractivity contribution in [2.45, 2.75) is 20.3 Å². The number of nitrogens with zero attached hydrogens (tertiary/aromatic N) is 6. The number of alkyl halides is 2. The molecule has 0 aromatic carbocycles. The lowest BCUT2D eigenvalue weighted by Crippen LogP contribution is -2.14. The van der Waals surface area contributed by atoms with Gasteiger partial charge in [-0.1, -0.05) is 5.21 Å². The van der Waals surface area contributed by atoms with E-state index in [2.05, 4.69) is 25.7 Å². The van der Waals surface area contributed by atoms with Crippen molar-refractivity contribution in [3.05, 3.63) is 34.9 Å². The molecule has 10 heteroatoms. The van der Waals surface area contributed by atoms with Crippen LogP contribution in [0.25, 0.3) is 5.65 Å². The topological polar surface area (TPSA) is 90.0 Å². The first-order valence-electron chi connectivity index (χ1n) is 6.69. The first kappa shape index (κ1) is 15.0. The molecule has 0 aliphatic heterocycles. The van der Waals surface area contributed by atoms with Gasteiger partial charge in [0.05, 0.1) is 11.9 Å². The van der Waals surface area contributed by atoms with E-state index in [1.807, 2.05) is 0 Å². The Morgan fingerprint density at radius 3 is 2.70 bits per heavy atom. The molecule has 0 fully saturated rings. The summed E-state index contributed by atoms with van der Waals surface area (Å²) < 4.78 is 28.6. The minimum Gasteiger partial charge on any atom is -0.303 e. The summed E-state index contributed by atoms with van der Waals surface area (Å²) in [6.07, 6.45) is -1.52. The highest BCUT2D eigenvalue weighted by atomic mass is 19.3. The van der Waals surface area contributed by atoms with Crippen LogP contribution in [-0.4, -0.2) is 35.5 Å². The Bertz CT molecular complexity index is 899. The number of rotatable bonds is 3. The van der Waals surface area contributed by atoms with Gasteiger partial charge in [-0.2, -0.15) is 5.10 Å². The zero-order chi connectivity index (χ0) is 16.7. The van der Waals surface area contributed by atoms with E-state index in [1.165, 1.54) is 16.9 Å². The van der Waals surface area contributed by atoms with Crippen LogP contribution < -0.4 is 5.32 Å².